The second-order valence-electron chi connectivity index (χ2n) is 5.65. The van der Waals surface area contributed by atoms with Crippen LogP contribution in [-0.2, 0) is 20.7 Å². The van der Waals surface area contributed by atoms with Gasteiger partial charge < -0.3 is 19.3 Å². The molecule has 0 unspecified atom stereocenters. The van der Waals surface area contributed by atoms with Gasteiger partial charge in [-0.1, -0.05) is 53.7 Å². The third kappa shape index (κ3) is 5.71. The van der Waals surface area contributed by atoms with Crippen LogP contribution in [0.15, 0.2) is 71.4 Å². The van der Waals surface area contributed by atoms with Gasteiger partial charge in [0.1, 0.15) is 12.0 Å². The van der Waals surface area contributed by atoms with Crippen molar-refractivity contribution in [3.63, 3.8) is 0 Å². The zero-order chi connectivity index (χ0) is 18.9. The van der Waals surface area contributed by atoms with Crippen molar-refractivity contribution in [2.45, 2.75) is 6.42 Å². The molecular formula is C20H18N2O5. The van der Waals surface area contributed by atoms with Crippen LogP contribution in [0.25, 0.3) is 0 Å². The van der Waals surface area contributed by atoms with Crippen LogP contribution in [0.2, 0.25) is 0 Å². The van der Waals surface area contributed by atoms with Crippen molar-refractivity contribution in [3.8, 4) is 5.75 Å². The number of nitrogens with zero attached hydrogens (tertiary/aromatic N) is 1. The molecule has 0 saturated carbocycles. The monoisotopic (exact) mass is 366 g/mol. The maximum atomic E-state index is 11.8. The summed E-state index contributed by atoms with van der Waals surface area (Å²) in [5.74, 6) is -0.297. The van der Waals surface area contributed by atoms with Gasteiger partial charge in [0, 0.05) is 12.5 Å². The van der Waals surface area contributed by atoms with Crippen LogP contribution < -0.4 is 10.1 Å². The zero-order valence-electron chi connectivity index (χ0n) is 14.5. The molecule has 1 N–H and O–H groups in total. The van der Waals surface area contributed by atoms with E-state index in [0.29, 0.717) is 12.2 Å². The summed E-state index contributed by atoms with van der Waals surface area (Å²) in [5.41, 5.74) is 2.10. The Morgan fingerprint density at radius 1 is 0.963 bits per heavy atom. The van der Waals surface area contributed by atoms with Gasteiger partial charge in [0.05, 0.1) is 0 Å². The minimum Gasteiger partial charge on any atom is -0.482 e. The number of hydrogen-bond acceptors (Lipinski definition) is 6. The van der Waals surface area contributed by atoms with Crippen molar-refractivity contribution in [1.82, 2.24) is 5.16 Å². The van der Waals surface area contributed by atoms with E-state index in [-0.39, 0.29) is 12.4 Å². The van der Waals surface area contributed by atoms with Gasteiger partial charge in [0.25, 0.3) is 5.91 Å². The van der Waals surface area contributed by atoms with E-state index in [0.717, 1.165) is 11.1 Å². The molecule has 0 aliphatic heterocycles. The van der Waals surface area contributed by atoms with Crippen molar-refractivity contribution in [3.05, 3.63) is 78.1 Å². The van der Waals surface area contributed by atoms with Gasteiger partial charge in [-0.3, -0.25) is 4.79 Å². The molecule has 3 rings (SSSR count). The maximum Gasteiger partial charge on any atom is 0.344 e. The van der Waals surface area contributed by atoms with Crippen LogP contribution in [0.1, 0.15) is 11.1 Å². The summed E-state index contributed by atoms with van der Waals surface area (Å²) in [7, 11) is 0. The maximum absolute atomic E-state index is 11.8. The lowest BCUT2D eigenvalue weighted by Gasteiger charge is -2.11. The number of hydrogen-bond donors (Lipinski definition) is 1. The summed E-state index contributed by atoms with van der Waals surface area (Å²) in [6, 6.07) is 18.9. The van der Waals surface area contributed by atoms with Crippen LogP contribution >= 0.6 is 0 Å². The zero-order valence-corrected chi connectivity index (χ0v) is 14.5. The minimum absolute atomic E-state index is 0.252. The number of carbonyl (C=O) groups excluding carboxylic acids is 2. The molecule has 2 aromatic carbocycles. The molecule has 7 heteroatoms. The van der Waals surface area contributed by atoms with Crippen LogP contribution in [0.3, 0.4) is 0 Å². The first kappa shape index (κ1) is 18.2. The predicted octanol–water partition coefficient (Wildman–Crippen LogP) is 2.83. The summed E-state index contributed by atoms with van der Waals surface area (Å²) in [5, 5.41) is 5.96. The highest BCUT2D eigenvalue weighted by atomic mass is 16.6. The molecule has 3 aromatic rings. The van der Waals surface area contributed by atoms with Crippen molar-refractivity contribution < 1.29 is 23.6 Å². The predicted molar refractivity (Wildman–Crippen MR) is 97.3 cm³/mol. The molecule has 27 heavy (non-hydrogen) atoms. The van der Waals surface area contributed by atoms with E-state index in [2.05, 4.69) is 15.0 Å². The Kier molecular flexibility index (Phi) is 6.19. The lowest BCUT2D eigenvalue weighted by atomic mass is 10.0. The highest BCUT2D eigenvalue weighted by Crippen LogP contribution is 2.21. The number of ether oxygens (including phenoxy) is 2. The molecule has 1 aromatic heterocycles. The van der Waals surface area contributed by atoms with Gasteiger partial charge in [-0.15, -0.1) is 0 Å². The van der Waals surface area contributed by atoms with Gasteiger partial charge in [-0.2, -0.15) is 0 Å². The van der Waals surface area contributed by atoms with Gasteiger partial charge in [-0.25, -0.2) is 4.79 Å². The van der Waals surface area contributed by atoms with E-state index in [1.165, 1.54) is 12.3 Å². The van der Waals surface area contributed by atoms with Crippen molar-refractivity contribution in [1.29, 1.82) is 0 Å². The minimum atomic E-state index is -0.639. The molecule has 0 fully saturated rings. The molecule has 7 nitrogen and oxygen atoms in total. The third-order valence-corrected chi connectivity index (χ3v) is 3.63. The fourth-order valence-electron chi connectivity index (χ4n) is 2.39. The van der Waals surface area contributed by atoms with E-state index in [9.17, 15) is 9.59 Å². The number of aromatic nitrogens is 1. The van der Waals surface area contributed by atoms with E-state index in [1.807, 2.05) is 48.5 Å². The largest absolute Gasteiger partial charge is 0.482 e. The molecule has 0 saturated heterocycles. The van der Waals surface area contributed by atoms with Gasteiger partial charge >= 0.3 is 5.97 Å². The average molecular weight is 366 g/mol. The number of esters is 1. The number of benzene rings is 2. The van der Waals surface area contributed by atoms with Crippen LogP contribution in [0.4, 0.5) is 5.82 Å². The summed E-state index contributed by atoms with van der Waals surface area (Å²) < 4.78 is 15.1. The number of anilines is 1. The molecule has 1 amide bonds. The number of nitrogens with one attached hydrogen (secondary N) is 1. The number of rotatable bonds is 8. The third-order valence-electron chi connectivity index (χ3n) is 3.63. The van der Waals surface area contributed by atoms with Crippen molar-refractivity contribution in [2.24, 2.45) is 0 Å². The van der Waals surface area contributed by atoms with Crippen LogP contribution in [0.5, 0.6) is 5.75 Å². The first-order chi connectivity index (χ1) is 13.2. The molecule has 0 bridgehead atoms. The summed E-state index contributed by atoms with van der Waals surface area (Å²) >= 11 is 0. The Balaban J connectivity index is 1.48. The molecule has 0 aliphatic rings. The Labute approximate surface area is 155 Å². The fraction of sp³-hybridized carbons (Fsp3) is 0.150. The Bertz CT molecular complexity index is 878. The number of carbonyl (C=O) groups is 2. The summed E-state index contributed by atoms with van der Waals surface area (Å²) in [6.45, 7) is -0.718. The topological polar surface area (TPSA) is 90.7 Å². The molecule has 0 atom stereocenters. The Morgan fingerprint density at radius 2 is 1.74 bits per heavy atom. The van der Waals surface area contributed by atoms with Crippen LogP contribution in [-0.4, -0.2) is 30.2 Å². The van der Waals surface area contributed by atoms with Crippen molar-refractivity contribution in [2.75, 3.05) is 18.5 Å². The molecule has 1 heterocycles. The first-order valence-corrected chi connectivity index (χ1v) is 8.31. The Hall–Kier alpha value is -3.61. The lowest BCUT2D eigenvalue weighted by Crippen LogP contribution is -2.23. The van der Waals surface area contributed by atoms with E-state index in [4.69, 9.17) is 9.47 Å². The van der Waals surface area contributed by atoms with E-state index >= 15 is 0 Å². The SMILES string of the molecule is O=C(COC(=O)COc1ccccc1Cc1ccccc1)Nc1ccon1. The fourth-order valence-corrected chi connectivity index (χ4v) is 2.39. The highest BCUT2D eigenvalue weighted by Gasteiger charge is 2.11. The standard InChI is InChI=1S/C20H18N2O5/c23-19(21-18-10-11-27-22-18)13-26-20(24)14-25-17-9-5-4-8-16(17)12-15-6-2-1-3-7-15/h1-11H,12-14H2,(H,21,22,23). The number of para-hydroxylation sites is 1. The van der Waals surface area contributed by atoms with E-state index in [1.54, 1.807) is 6.07 Å². The molecule has 0 spiro atoms. The van der Waals surface area contributed by atoms with E-state index < -0.39 is 18.5 Å². The molecule has 0 radical (unpaired) electrons. The van der Waals surface area contributed by atoms with Gasteiger partial charge in [0.15, 0.2) is 19.0 Å². The normalized spacial score (nSPS) is 10.2. The second-order valence-corrected chi connectivity index (χ2v) is 5.65. The first-order valence-electron chi connectivity index (χ1n) is 8.31. The lowest BCUT2D eigenvalue weighted by molar-refractivity contribution is -0.149. The van der Waals surface area contributed by atoms with Crippen LogP contribution in [0, 0.1) is 0 Å². The average Bonchev–Trinajstić information content (AvgIpc) is 3.19. The molecule has 0 aliphatic carbocycles. The molecular weight excluding hydrogens is 348 g/mol. The van der Waals surface area contributed by atoms with Crippen molar-refractivity contribution >= 4 is 17.7 Å². The number of amides is 1. The Morgan fingerprint density at radius 3 is 2.52 bits per heavy atom. The summed E-state index contributed by atoms with van der Waals surface area (Å²) in [4.78, 5) is 23.5. The highest BCUT2D eigenvalue weighted by molar-refractivity contribution is 5.91. The second kappa shape index (κ2) is 9.19. The quantitative estimate of drug-likeness (QED) is 0.617. The summed E-state index contributed by atoms with van der Waals surface area (Å²) in [6.07, 6.45) is 2.01. The van der Waals surface area contributed by atoms with Gasteiger partial charge in [0.2, 0.25) is 0 Å². The van der Waals surface area contributed by atoms with Gasteiger partial charge in [-0.05, 0) is 17.2 Å². The molecule has 138 valence electrons. The smallest absolute Gasteiger partial charge is 0.344 e.